The van der Waals surface area contributed by atoms with Crippen LogP contribution in [0.4, 0.5) is 9.59 Å². The number of alkyl carbamates (subject to hydrolysis) is 2. The summed E-state index contributed by atoms with van der Waals surface area (Å²) in [4.78, 5) is 68.2. The summed E-state index contributed by atoms with van der Waals surface area (Å²) in [5, 5.41) is 5.07. The lowest BCUT2D eigenvalue weighted by atomic mass is 10.0. The summed E-state index contributed by atoms with van der Waals surface area (Å²) in [5.41, 5.74) is 5.05. The van der Waals surface area contributed by atoms with E-state index in [0.717, 1.165) is 33.6 Å². The minimum Gasteiger partial charge on any atom is -0.453 e. The van der Waals surface area contributed by atoms with Crippen LogP contribution in [0.15, 0.2) is 73.6 Å². The zero-order valence-corrected chi connectivity index (χ0v) is 31.2. The molecule has 0 saturated heterocycles. The predicted molar refractivity (Wildman–Crippen MR) is 200 cm³/mol. The van der Waals surface area contributed by atoms with Crippen molar-refractivity contribution in [2.75, 3.05) is 28.3 Å². The smallest absolute Gasteiger partial charge is 0.407 e. The molecular weight excluding hydrogens is 676 g/mol. The van der Waals surface area contributed by atoms with Crippen molar-refractivity contribution < 1.29 is 28.7 Å². The number of likely N-dealkylation sites (N-methyl/N-ethyl adjacent to an activating group) is 2. The second kappa shape index (κ2) is 17.7. The van der Waals surface area contributed by atoms with E-state index < -0.39 is 30.3 Å². The molecule has 53 heavy (non-hydrogen) atoms. The number of amides is 4. The molecule has 14 nitrogen and oxygen atoms in total. The van der Waals surface area contributed by atoms with E-state index in [1.807, 2.05) is 76.2 Å². The first-order valence-electron chi connectivity index (χ1n) is 16.9. The number of aromatic amines is 2. The minimum atomic E-state index is -0.940. The molecule has 0 bridgehead atoms. The number of carbonyl (C=O) groups excluding carboxylic acids is 4. The lowest BCUT2D eigenvalue weighted by Crippen LogP contribution is -2.50. The topological polar surface area (TPSA) is 175 Å². The van der Waals surface area contributed by atoms with Gasteiger partial charge in [0.2, 0.25) is 11.8 Å². The Morgan fingerprint density at radius 1 is 0.717 bits per heavy atom. The van der Waals surface area contributed by atoms with Gasteiger partial charge in [-0.3, -0.25) is 9.59 Å². The van der Waals surface area contributed by atoms with Gasteiger partial charge in [-0.1, -0.05) is 56.0 Å². The Kier molecular flexibility index (Phi) is 13.2. The van der Waals surface area contributed by atoms with Gasteiger partial charge in [0.15, 0.2) is 0 Å². The van der Waals surface area contributed by atoms with Gasteiger partial charge in [-0.15, -0.1) is 6.58 Å². The molecule has 4 rings (SSSR count). The average molecular weight is 723 g/mol. The van der Waals surface area contributed by atoms with Crippen LogP contribution < -0.4 is 10.6 Å². The van der Waals surface area contributed by atoms with Crippen molar-refractivity contribution >= 4 is 24.0 Å². The molecule has 2 aromatic carbocycles. The van der Waals surface area contributed by atoms with Crippen molar-refractivity contribution in [3.05, 3.63) is 96.4 Å². The Morgan fingerprint density at radius 3 is 1.53 bits per heavy atom. The maximum Gasteiger partial charge on any atom is 0.407 e. The second-order valence-corrected chi connectivity index (χ2v) is 12.7. The predicted octanol–water partition coefficient (Wildman–Crippen LogP) is 5.20. The number of nitrogens with zero attached hydrogens (tertiary/aromatic N) is 4. The molecule has 4 N–H and O–H groups in total. The van der Waals surface area contributed by atoms with E-state index in [-0.39, 0.29) is 23.8 Å². The highest BCUT2D eigenvalue weighted by Crippen LogP contribution is 2.25. The Bertz CT molecular complexity index is 1970. The molecule has 4 aromatic rings. The maximum atomic E-state index is 13.2. The molecule has 2 aromatic heterocycles. The van der Waals surface area contributed by atoms with Gasteiger partial charge < -0.3 is 39.9 Å². The summed E-state index contributed by atoms with van der Waals surface area (Å²) in [7, 11) is 5.79. The number of carbonyl (C=O) groups is 4. The van der Waals surface area contributed by atoms with Crippen molar-refractivity contribution in [3.8, 4) is 34.4 Å². The largest absolute Gasteiger partial charge is 0.453 e. The molecule has 0 aliphatic heterocycles. The Hall–Kier alpha value is -6.36. The highest BCUT2D eigenvalue weighted by atomic mass is 16.5. The Labute approximate surface area is 309 Å². The molecule has 0 aliphatic carbocycles. The van der Waals surface area contributed by atoms with Gasteiger partial charge in [-0.05, 0) is 55.2 Å². The average Bonchev–Trinajstić information content (AvgIpc) is 3.88. The molecule has 4 amide bonds. The number of aromatic nitrogens is 4. The first-order valence-corrected chi connectivity index (χ1v) is 16.9. The third-order valence-electron chi connectivity index (χ3n) is 8.93. The number of imidazole rings is 2. The summed E-state index contributed by atoms with van der Waals surface area (Å²) in [6.07, 6.45) is 3.39. The summed E-state index contributed by atoms with van der Waals surface area (Å²) in [6, 6.07) is 13.0. The number of methoxy groups -OCH3 is 2. The molecule has 0 aliphatic rings. The first kappa shape index (κ1) is 39.4. The fourth-order valence-electron chi connectivity index (χ4n) is 5.30. The van der Waals surface area contributed by atoms with Crippen molar-refractivity contribution in [2.24, 2.45) is 5.92 Å². The number of nitrogens with one attached hydrogen (secondary N) is 4. The molecule has 0 saturated carbocycles. The summed E-state index contributed by atoms with van der Waals surface area (Å²) < 4.78 is 9.28. The van der Waals surface area contributed by atoms with E-state index in [9.17, 15) is 19.2 Å². The van der Waals surface area contributed by atoms with E-state index in [4.69, 9.17) is 0 Å². The lowest BCUT2D eigenvalue weighted by molar-refractivity contribution is -0.135. The van der Waals surface area contributed by atoms with E-state index in [1.54, 1.807) is 31.4 Å². The van der Waals surface area contributed by atoms with Crippen LogP contribution in [0.1, 0.15) is 62.6 Å². The molecule has 14 heteroatoms. The zero-order chi connectivity index (χ0) is 38.8. The molecule has 278 valence electrons. The Balaban J connectivity index is 1.37. The van der Waals surface area contributed by atoms with Gasteiger partial charge >= 0.3 is 12.2 Å². The number of H-pyrrole nitrogens is 2. The van der Waals surface area contributed by atoms with Gasteiger partial charge in [0.1, 0.15) is 23.7 Å². The van der Waals surface area contributed by atoms with Crippen LogP contribution in [0.3, 0.4) is 0 Å². The Morgan fingerprint density at radius 2 is 1.13 bits per heavy atom. The molecule has 0 fully saturated rings. The van der Waals surface area contributed by atoms with Crippen molar-refractivity contribution in [1.29, 1.82) is 0 Å². The fourth-order valence-corrected chi connectivity index (χ4v) is 5.30. The van der Waals surface area contributed by atoms with E-state index in [0.29, 0.717) is 11.6 Å². The summed E-state index contributed by atoms with van der Waals surface area (Å²) in [6.45, 7) is 11.0. The minimum absolute atomic E-state index is 0.139. The van der Waals surface area contributed by atoms with E-state index >= 15 is 0 Å². The maximum absolute atomic E-state index is 13.2. The molecule has 4 atom stereocenters. The van der Waals surface area contributed by atoms with Crippen molar-refractivity contribution in [2.45, 2.75) is 51.9 Å². The van der Waals surface area contributed by atoms with Crippen LogP contribution >= 0.6 is 0 Å². The molecule has 0 unspecified atom stereocenters. The van der Waals surface area contributed by atoms with Crippen LogP contribution in [0.2, 0.25) is 0 Å². The van der Waals surface area contributed by atoms with Crippen LogP contribution in [0.5, 0.6) is 0 Å². The number of ether oxygens (including phenoxy) is 2. The van der Waals surface area contributed by atoms with E-state index in [2.05, 4.69) is 58.5 Å². The SMILES string of the molecule is C=C[C@H](NC(=O)OC)C(=O)N(C)[C@@H](C)c1ncc(-c2ccc(C#Cc3ccc(-c4cnc([C@H](C)N(C)C(=O)[C@@H](NC(=O)OC)C(C)C)[nH]4)cc3)cc2)[nH]1. The standard InChI is InChI=1S/C39H46N8O6/c1-10-30(44-38(50)52-8)36(48)46(6)24(4)34-40-21-31(42-34)28-17-13-26(14-18-28)11-12-27-15-19-29(20-16-27)32-22-41-35(43-32)25(5)47(7)37(49)33(23(2)3)45-39(51)53-9/h10,13-25,30,33H,1H2,2-9H3,(H,40,42)(H,41,43)(H,44,50)(H,45,51)/t24-,25-,30-,33-/m0/s1. The fraction of sp³-hybridized carbons (Fsp3) is 0.333. The van der Waals surface area contributed by atoms with Crippen LogP contribution in [0.25, 0.3) is 22.5 Å². The summed E-state index contributed by atoms with van der Waals surface area (Å²) >= 11 is 0. The highest BCUT2D eigenvalue weighted by molar-refractivity contribution is 5.87. The first-order chi connectivity index (χ1) is 25.3. The lowest BCUT2D eigenvalue weighted by Gasteiger charge is -2.30. The normalized spacial score (nSPS) is 13.0. The van der Waals surface area contributed by atoms with E-state index in [1.165, 1.54) is 25.2 Å². The third-order valence-corrected chi connectivity index (χ3v) is 8.93. The molecule has 2 heterocycles. The van der Waals surface area contributed by atoms with Crippen molar-refractivity contribution in [3.63, 3.8) is 0 Å². The van der Waals surface area contributed by atoms with Gasteiger partial charge in [0.05, 0.1) is 50.1 Å². The van der Waals surface area contributed by atoms with Gasteiger partial charge in [-0.2, -0.15) is 0 Å². The number of hydrogen-bond donors (Lipinski definition) is 4. The third kappa shape index (κ3) is 9.70. The van der Waals surface area contributed by atoms with Gasteiger partial charge in [0, 0.05) is 25.2 Å². The van der Waals surface area contributed by atoms with Gasteiger partial charge in [-0.25, -0.2) is 19.6 Å². The number of hydrogen-bond acceptors (Lipinski definition) is 8. The van der Waals surface area contributed by atoms with Crippen LogP contribution in [-0.2, 0) is 19.1 Å². The van der Waals surface area contributed by atoms with Crippen LogP contribution in [0, 0.1) is 17.8 Å². The van der Waals surface area contributed by atoms with Crippen molar-refractivity contribution in [1.82, 2.24) is 40.4 Å². The quantitative estimate of drug-likeness (QED) is 0.114. The number of rotatable bonds is 12. The monoisotopic (exact) mass is 722 g/mol. The molecular formula is C39H46N8O6. The number of benzene rings is 2. The second-order valence-electron chi connectivity index (χ2n) is 12.7. The highest BCUT2D eigenvalue weighted by Gasteiger charge is 2.31. The zero-order valence-electron chi connectivity index (χ0n) is 31.2. The van der Waals surface area contributed by atoms with Crippen LogP contribution in [-0.4, -0.2) is 94.1 Å². The van der Waals surface area contributed by atoms with Gasteiger partial charge in [0.25, 0.3) is 0 Å². The summed E-state index contributed by atoms with van der Waals surface area (Å²) in [5.74, 6) is 6.84. The molecule has 0 radical (unpaired) electrons. The molecule has 0 spiro atoms.